The molecule has 156 valence electrons. The van der Waals surface area contributed by atoms with E-state index in [-0.39, 0.29) is 23.5 Å². The van der Waals surface area contributed by atoms with E-state index in [9.17, 15) is 13.2 Å². The molecule has 7 heteroatoms. The third-order valence-electron chi connectivity index (χ3n) is 4.21. The summed E-state index contributed by atoms with van der Waals surface area (Å²) in [6.07, 6.45) is 0. The zero-order valence-electron chi connectivity index (χ0n) is 16.8. The summed E-state index contributed by atoms with van der Waals surface area (Å²) >= 11 is 0. The molecule has 0 bridgehead atoms. The summed E-state index contributed by atoms with van der Waals surface area (Å²) in [6, 6.07) is 22.4. The minimum atomic E-state index is -3.58. The number of nitrogens with one attached hydrogen (secondary N) is 2. The maximum atomic E-state index is 12.8. The van der Waals surface area contributed by atoms with Crippen LogP contribution in [0.1, 0.15) is 29.8 Å². The SMILES string of the molecule is CC(C)NS(=O)(=O)c1ccc(NC(=O)c2ccccc2COc2ccccc2)cc1. The van der Waals surface area contributed by atoms with Crippen LogP contribution in [0.5, 0.6) is 5.75 Å². The topological polar surface area (TPSA) is 84.5 Å². The van der Waals surface area contributed by atoms with Gasteiger partial charge in [-0.3, -0.25) is 4.79 Å². The van der Waals surface area contributed by atoms with Crippen LogP contribution in [0.25, 0.3) is 0 Å². The molecule has 0 aliphatic heterocycles. The predicted molar refractivity (Wildman–Crippen MR) is 117 cm³/mol. The molecule has 0 radical (unpaired) electrons. The molecular formula is C23H24N2O4S. The molecular weight excluding hydrogens is 400 g/mol. The number of ether oxygens (including phenoxy) is 1. The molecule has 3 aromatic carbocycles. The smallest absolute Gasteiger partial charge is 0.256 e. The van der Waals surface area contributed by atoms with Crippen molar-refractivity contribution < 1.29 is 17.9 Å². The van der Waals surface area contributed by atoms with Crippen LogP contribution in [-0.4, -0.2) is 20.4 Å². The van der Waals surface area contributed by atoms with Gasteiger partial charge in [-0.05, 0) is 56.3 Å². The number of anilines is 1. The zero-order chi connectivity index (χ0) is 21.6. The molecule has 1 amide bonds. The number of hydrogen-bond donors (Lipinski definition) is 2. The second-order valence-electron chi connectivity index (χ2n) is 7.01. The van der Waals surface area contributed by atoms with Crippen LogP contribution in [0.2, 0.25) is 0 Å². The lowest BCUT2D eigenvalue weighted by Crippen LogP contribution is -2.30. The molecule has 0 aromatic heterocycles. The van der Waals surface area contributed by atoms with Crippen molar-refractivity contribution in [2.75, 3.05) is 5.32 Å². The highest BCUT2D eigenvalue weighted by Crippen LogP contribution is 2.18. The predicted octanol–water partition coefficient (Wildman–Crippen LogP) is 4.20. The lowest BCUT2D eigenvalue weighted by atomic mass is 10.1. The van der Waals surface area contributed by atoms with Gasteiger partial charge >= 0.3 is 0 Å². The van der Waals surface area contributed by atoms with Crippen molar-refractivity contribution in [2.45, 2.75) is 31.4 Å². The van der Waals surface area contributed by atoms with E-state index >= 15 is 0 Å². The number of carbonyl (C=O) groups is 1. The second-order valence-corrected chi connectivity index (χ2v) is 8.73. The first-order valence-electron chi connectivity index (χ1n) is 9.54. The van der Waals surface area contributed by atoms with Gasteiger partial charge in [0.15, 0.2) is 0 Å². The number of amides is 1. The van der Waals surface area contributed by atoms with E-state index < -0.39 is 10.0 Å². The Morgan fingerprint density at radius 2 is 1.53 bits per heavy atom. The average Bonchev–Trinajstić information content (AvgIpc) is 2.72. The minimum absolute atomic E-state index is 0.144. The molecule has 0 aliphatic rings. The molecule has 0 heterocycles. The number of sulfonamides is 1. The molecule has 2 N–H and O–H groups in total. The summed E-state index contributed by atoms with van der Waals surface area (Å²) in [4.78, 5) is 12.9. The Kier molecular flexibility index (Phi) is 6.87. The summed E-state index contributed by atoms with van der Waals surface area (Å²) in [6.45, 7) is 3.77. The Morgan fingerprint density at radius 1 is 0.900 bits per heavy atom. The molecule has 6 nitrogen and oxygen atoms in total. The quantitative estimate of drug-likeness (QED) is 0.567. The summed E-state index contributed by atoms with van der Waals surface area (Å²) in [5.41, 5.74) is 1.74. The van der Waals surface area contributed by atoms with E-state index in [1.807, 2.05) is 42.5 Å². The molecule has 3 rings (SSSR count). The van der Waals surface area contributed by atoms with Crippen LogP contribution in [0.4, 0.5) is 5.69 Å². The first kappa shape index (κ1) is 21.5. The number of para-hydroxylation sites is 1. The zero-order valence-corrected chi connectivity index (χ0v) is 17.6. The van der Waals surface area contributed by atoms with Crippen molar-refractivity contribution in [3.05, 3.63) is 90.0 Å². The molecule has 0 saturated heterocycles. The van der Waals surface area contributed by atoms with Crippen LogP contribution in [0, 0.1) is 0 Å². The van der Waals surface area contributed by atoms with Gasteiger partial charge in [0.25, 0.3) is 5.91 Å². The summed E-state index contributed by atoms with van der Waals surface area (Å²) in [5.74, 6) is 0.428. The summed E-state index contributed by atoms with van der Waals surface area (Å²) in [5, 5.41) is 2.81. The van der Waals surface area contributed by atoms with Gasteiger partial charge in [-0.1, -0.05) is 36.4 Å². The van der Waals surface area contributed by atoms with Crippen LogP contribution in [-0.2, 0) is 16.6 Å². The average molecular weight is 425 g/mol. The van der Waals surface area contributed by atoms with Gasteiger partial charge in [0, 0.05) is 22.9 Å². The number of hydrogen-bond acceptors (Lipinski definition) is 4. The Hall–Kier alpha value is -3.16. The first-order chi connectivity index (χ1) is 14.3. The van der Waals surface area contributed by atoms with Crippen LogP contribution in [0.3, 0.4) is 0 Å². The molecule has 0 fully saturated rings. The maximum Gasteiger partial charge on any atom is 0.256 e. The summed E-state index contributed by atoms with van der Waals surface area (Å²) < 4.78 is 32.7. The number of rotatable bonds is 8. The highest BCUT2D eigenvalue weighted by molar-refractivity contribution is 7.89. The van der Waals surface area contributed by atoms with E-state index in [0.717, 1.165) is 11.3 Å². The fourth-order valence-corrected chi connectivity index (χ4v) is 4.09. The molecule has 0 spiro atoms. The van der Waals surface area contributed by atoms with E-state index in [1.165, 1.54) is 12.1 Å². The lowest BCUT2D eigenvalue weighted by Gasteiger charge is -2.12. The fraction of sp³-hybridized carbons (Fsp3) is 0.174. The number of carbonyl (C=O) groups excluding carboxylic acids is 1. The Balaban J connectivity index is 1.70. The fourth-order valence-electron chi connectivity index (χ4n) is 2.84. The lowest BCUT2D eigenvalue weighted by molar-refractivity contribution is 0.102. The third kappa shape index (κ3) is 5.68. The van der Waals surface area contributed by atoms with Crippen molar-refractivity contribution in [3.63, 3.8) is 0 Å². The molecule has 0 atom stereocenters. The standard InChI is InChI=1S/C23H24N2O4S/c1-17(2)25-30(27,28)21-14-12-19(13-15-21)24-23(26)22-11-7-6-8-18(22)16-29-20-9-4-3-5-10-20/h3-15,17,25H,16H2,1-2H3,(H,24,26). The molecule has 0 unspecified atom stereocenters. The van der Waals surface area contributed by atoms with Crippen LogP contribution >= 0.6 is 0 Å². The van der Waals surface area contributed by atoms with E-state index in [0.29, 0.717) is 11.3 Å². The van der Waals surface area contributed by atoms with Crippen molar-refractivity contribution >= 4 is 21.6 Å². The van der Waals surface area contributed by atoms with Gasteiger partial charge in [0.1, 0.15) is 12.4 Å². The normalized spacial score (nSPS) is 11.3. The Labute approximate surface area is 177 Å². The second kappa shape index (κ2) is 9.56. The highest BCUT2D eigenvalue weighted by atomic mass is 32.2. The van der Waals surface area contributed by atoms with Crippen molar-refractivity contribution in [2.24, 2.45) is 0 Å². The van der Waals surface area contributed by atoms with Gasteiger partial charge in [-0.2, -0.15) is 0 Å². The molecule has 0 aliphatic carbocycles. The van der Waals surface area contributed by atoms with Gasteiger partial charge in [0.05, 0.1) is 4.90 Å². The van der Waals surface area contributed by atoms with Crippen molar-refractivity contribution in [1.29, 1.82) is 0 Å². The summed E-state index contributed by atoms with van der Waals surface area (Å²) in [7, 11) is -3.58. The largest absolute Gasteiger partial charge is 0.489 e. The maximum absolute atomic E-state index is 12.8. The number of benzene rings is 3. The van der Waals surface area contributed by atoms with Crippen LogP contribution in [0.15, 0.2) is 83.8 Å². The van der Waals surface area contributed by atoms with Gasteiger partial charge in [-0.15, -0.1) is 0 Å². The van der Waals surface area contributed by atoms with Crippen molar-refractivity contribution in [1.82, 2.24) is 4.72 Å². The van der Waals surface area contributed by atoms with E-state index in [1.54, 1.807) is 38.1 Å². The highest BCUT2D eigenvalue weighted by Gasteiger charge is 2.16. The van der Waals surface area contributed by atoms with Gasteiger partial charge in [-0.25, -0.2) is 13.1 Å². The van der Waals surface area contributed by atoms with Gasteiger partial charge < -0.3 is 10.1 Å². The molecule has 3 aromatic rings. The third-order valence-corrected chi connectivity index (χ3v) is 5.89. The Morgan fingerprint density at radius 3 is 2.20 bits per heavy atom. The van der Waals surface area contributed by atoms with Crippen LogP contribution < -0.4 is 14.8 Å². The Bertz CT molecular complexity index is 1100. The minimum Gasteiger partial charge on any atom is -0.489 e. The van der Waals surface area contributed by atoms with Gasteiger partial charge in [0.2, 0.25) is 10.0 Å². The van der Waals surface area contributed by atoms with E-state index in [4.69, 9.17) is 4.74 Å². The van der Waals surface area contributed by atoms with E-state index in [2.05, 4.69) is 10.0 Å². The van der Waals surface area contributed by atoms with Crippen molar-refractivity contribution in [3.8, 4) is 5.75 Å². The molecule has 30 heavy (non-hydrogen) atoms. The molecule has 0 saturated carbocycles. The first-order valence-corrected chi connectivity index (χ1v) is 11.0. The monoisotopic (exact) mass is 424 g/mol.